The summed E-state index contributed by atoms with van der Waals surface area (Å²) >= 11 is 5.95. The number of carbonyl (C=O) groups is 1. The average molecular weight is 463 g/mol. The first-order valence-electron chi connectivity index (χ1n) is 8.73. The monoisotopic (exact) mass is 462 g/mol. The van der Waals surface area contributed by atoms with Gasteiger partial charge in [-0.05, 0) is 49.4 Å². The SMILES string of the molecule is CCOC(=O)c1cc(-c2cc(C(F)(F)F)cc(C(F)(F)F)c2)n(-c2cccc(Cl)c2)n1. The Balaban J connectivity index is 2.29. The fourth-order valence-corrected chi connectivity index (χ4v) is 2.98. The van der Waals surface area contributed by atoms with Gasteiger partial charge in [-0.2, -0.15) is 31.4 Å². The minimum Gasteiger partial charge on any atom is -0.461 e. The van der Waals surface area contributed by atoms with Crippen LogP contribution in [-0.4, -0.2) is 22.4 Å². The molecule has 0 saturated heterocycles. The van der Waals surface area contributed by atoms with Gasteiger partial charge in [0.15, 0.2) is 5.69 Å². The molecule has 31 heavy (non-hydrogen) atoms. The molecule has 3 rings (SSSR count). The normalized spacial score (nSPS) is 12.1. The van der Waals surface area contributed by atoms with Gasteiger partial charge in [0.1, 0.15) is 0 Å². The van der Waals surface area contributed by atoms with Gasteiger partial charge in [-0.1, -0.05) is 17.7 Å². The molecule has 0 aliphatic heterocycles. The molecule has 0 fully saturated rings. The number of nitrogens with zero attached hydrogens (tertiary/aromatic N) is 2. The molecule has 1 heterocycles. The maximum Gasteiger partial charge on any atom is 0.416 e. The molecular weight excluding hydrogens is 450 g/mol. The van der Waals surface area contributed by atoms with Crippen LogP contribution in [0.2, 0.25) is 5.02 Å². The molecule has 0 atom stereocenters. The van der Waals surface area contributed by atoms with E-state index in [0.29, 0.717) is 12.1 Å². The summed E-state index contributed by atoms with van der Waals surface area (Å²) in [5.41, 5.74) is -3.67. The van der Waals surface area contributed by atoms with Gasteiger partial charge in [0, 0.05) is 10.6 Å². The van der Waals surface area contributed by atoms with Crippen molar-refractivity contribution in [2.75, 3.05) is 6.61 Å². The summed E-state index contributed by atoms with van der Waals surface area (Å²) in [6.07, 6.45) is -10.1. The van der Waals surface area contributed by atoms with Crippen LogP contribution >= 0.6 is 11.6 Å². The zero-order valence-corrected chi connectivity index (χ0v) is 16.4. The Bertz CT molecular complexity index is 1090. The second-order valence-corrected chi connectivity index (χ2v) is 6.76. The summed E-state index contributed by atoms with van der Waals surface area (Å²) in [6.45, 7) is 1.54. The largest absolute Gasteiger partial charge is 0.461 e. The van der Waals surface area contributed by atoms with E-state index in [1.165, 1.54) is 31.2 Å². The van der Waals surface area contributed by atoms with Gasteiger partial charge in [-0.3, -0.25) is 0 Å². The van der Waals surface area contributed by atoms with Crippen LogP contribution in [0.4, 0.5) is 26.3 Å². The van der Waals surface area contributed by atoms with Gasteiger partial charge in [-0.15, -0.1) is 0 Å². The predicted molar refractivity (Wildman–Crippen MR) is 100.0 cm³/mol. The molecular formula is C20H13ClF6N2O2. The molecule has 0 N–H and O–H groups in total. The second kappa shape index (κ2) is 8.26. The van der Waals surface area contributed by atoms with E-state index in [4.69, 9.17) is 16.3 Å². The number of ether oxygens (including phenoxy) is 1. The van der Waals surface area contributed by atoms with Gasteiger partial charge in [0.2, 0.25) is 0 Å². The summed E-state index contributed by atoms with van der Waals surface area (Å²) in [5, 5.41) is 4.27. The number of hydrogen-bond donors (Lipinski definition) is 0. The molecule has 0 aliphatic rings. The summed E-state index contributed by atoms with van der Waals surface area (Å²) in [4.78, 5) is 12.1. The summed E-state index contributed by atoms with van der Waals surface area (Å²) in [6, 6.07) is 8.11. The third kappa shape index (κ3) is 5.01. The Hall–Kier alpha value is -3.01. The number of aromatic nitrogens is 2. The standard InChI is InChI=1S/C20H13ClF6N2O2/c1-2-31-18(30)16-10-17(29(28-16)15-5-3-4-14(21)9-15)11-6-12(19(22,23)24)8-13(7-11)20(25,26)27/h3-10H,2H2,1H3. The minimum absolute atomic E-state index is 0.0000273. The number of rotatable bonds is 4. The number of esters is 1. The van der Waals surface area contributed by atoms with Crippen molar-refractivity contribution in [1.29, 1.82) is 0 Å². The lowest BCUT2D eigenvalue weighted by Crippen LogP contribution is -2.11. The number of benzene rings is 2. The fourth-order valence-electron chi connectivity index (χ4n) is 2.80. The molecule has 0 radical (unpaired) electrons. The Labute approximate surface area is 177 Å². The van der Waals surface area contributed by atoms with Gasteiger partial charge in [0.25, 0.3) is 0 Å². The highest BCUT2D eigenvalue weighted by molar-refractivity contribution is 6.30. The first-order chi connectivity index (χ1) is 14.4. The molecule has 1 aromatic heterocycles. The van der Waals surface area contributed by atoms with Crippen LogP contribution in [0.25, 0.3) is 16.9 Å². The topological polar surface area (TPSA) is 44.1 Å². The molecule has 0 saturated carbocycles. The molecule has 0 amide bonds. The third-order valence-corrected chi connectivity index (χ3v) is 4.37. The lowest BCUT2D eigenvalue weighted by atomic mass is 10.0. The highest BCUT2D eigenvalue weighted by Gasteiger charge is 2.37. The van der Waals surface area contributed by atoms with E-state index < -0.39 is 35.0 Å². The number of alkyl halides is 6. The highest BCUT2D eigenvalue weighted by Crippen LogP contribution is 2.39. The number of carbonyl (C=O) groups excluding carboxylic acids is 1. The predicted octanol–water partition coefficient (Wildman–Crippen LogP) is 6.41. The molecule has 11 heteroatoms. The van der Waals surface area contributed by atoms with E-state index >= 15 is 0 Å². The van der Waals surface area contributed by atoms with E-state index in [9.17, 15) is 31.1 Å². The highest BCUT2D eigenvalue weighted by atomic mass is 35.5. The third-order valence-electron chi connectivity index (χ3n) is 4.13. The van der Waals surface area contributed by atoms with Crippen LogP contribution in [-0.2, 0) is 17.1 Å². The van der Waals surface area contributed by atoms with E-state index in [1.807, 2.05) is 0 Å². The number of halogens is 7. The van der Waals surface area contributed by atoms with Crippen molar-refractivity contribution >= 4 is 17.6 Å². The van der Waals surface area contributed by atoms with Crippen LogP contribution in [0, 0.1) is 0 Å². The molecule has 0 aliphatic carbocycles. The summed E-state index contributed by atoms with van der Waals surface area (Å²) in [7, 11) is 0. The van der Waals surface area contributed by atoms with Gasteiger partial charge < -0.3 is 4.74 Å². The summed E-state index contributed by atoms with van der Waals surface area (Å²) < 4.78 is 85.6. The molecule has 0 unspecified atom stereocenters. The molecule has 0 spiro atoms. The Kier molecular flexibility index (Phi) is 6.04. The van der Waals surface area contributed by atoms with Crippen LogP contribution in [0.5, 0.6) is 0 Å². The first-order valence-corrected chi connectivity index (χ1v) is 9.11. The van der Waals surface area contributed by atoms with E-state index in [2.05, 4.69) is 5.10 Å². The number of hydrogen-bond acceptors (Lipinski definition) is 3. The minimum atomic E-state index is -5.03. The molecule has 3 aromatic rings. The molecule has 2 aromatic carbocycles. The van der Waals surface area contributed by atoms with Crippen LogP contribution in [0.15, 0.2) is 48.5 Å². The maximum absolute atomic E-state index is 13.3. The van der Waals surface area contributed by atoms with Crippen molar-refractivity contribution < 1.29 is 35.9 Å². The Morgan fingerprint density at radius 1 is 1.00 bits per heavy atom. The van der Waals surface area contributed by atoms with Crippen LogP contribution < -0.4 is 0 Å². The van der Waals surface area contributed by atoms with Gasteiger partial charge in [-0.25, -0.2) is 9.48 Å². The van der Waals surface area contributed by atoms with Crippen molar-refractivity contribution in [3.63, 3.8) is 0 Å². The van der Waals surface area contributed by atoms with E-state index in [-0.39, 0.29) is 34.8 Å². The molecule has 4 nitrogen and oxygen atoms in total. The van der Waals surface area contributed by atoms with E-state index in [1.54, 1.807) is 0 Å². The van der Waals surface area contributed by atoms with E-state index in [0.717, 1.165) is 10.7 Å². The smallest absolute Gasteiger partial charge is 0.416 e. The molecule has 164 valence electrons. The van der Waals surface area contributed by atoms with Gasteiger partial charge >= 0.3 is 18.3 Å². The maximum atomic E-state index is 13.3. The van der Waals surface area contributed by atoms with Crippen molar-refractivity contribution in [3.8, 4) is 16.9 Å². The quantitative estimate of drug-likeness (QED) is 0.332. The van der Waals surface area contributed by atoms with Crippen molar-refractivity contribution in [2.24, 2.45) is 0 Å². The lowest BCUT2D eigenvalue weighted by Gasteiger charge is -2.15. The van der Waals surface area contributed by atoms with Crippen molar-refractivity contribution in [3.05, 3.63) is 70.4 Å². The zero-order valence-electron chi connectivity index (χ0n) is 15.7. The van der Waals surface area contributed by atoms with Gasteiger partial charge in [0.05, 0.1) is 29.1 Å². The lowest BCUT2D eigenvalue weighted by molar-refractivity contribution is -0.143. The van der Waals surface area contributed by atoms with Crippen LogP contribution in [0.3, 0.4) is 0 Å². The zero-order chi connectivity index (χ0) is 23.0. The average Bonchev–Trinajstić information content (AvgIpc) is 3.12. The first kappa shape index (κ1) is 22.7. The van der Waals surface area contributed by atoms with Crippen molar-refractivity contribution in [1.82, 2.24) is 9.78 Å². The Morgan fingerprint density at radius 2 is 1.61 bits per heavy atom. The van der Waals surface area contributed by atoms with Crippen molar-refractivity contribution in [2.45, 2.75) is 19.3 Å². The second-order valence-electron chi connectivity index (χ2n) is 6.32. The molecule has 0 bridgehead atoms. The Morgan fingerprint density at radius 3 is 2.13 bits per heavy atom. The van der Waals surface area contributed by atoms with Crippen LogP contribution in [0.1, 0.15) is 28.5 Å². The fraction of sp³-hybridized carbons (Fsp3) is 0.200. The summed E-state index contributed by atoms with van der Waals surface area (Å²) in [5.74, 6) is -0.882.